The Labute approximate surface area is 97.2 Å². The molecule has 4 heteroatoms. The van der Waals surface area contributed by atoms with Gasteiger partial charge in [0.1, 0.15) is 0 Å². The van der Waals surface area contributed by atoms with E-state index in [-0.39, 0.29) is 5.91 Å². The molecule has 0 spiro atoms. The fraction of sp³-hybridized carbons (Fsp3) is 0.300. The van der Waals surface area contributed by atoms with E-state index in [2.05, 4.69) is 27.9 Å². The van der Waals surface area contributed by atoms with Gasteiger partial charge < -0.3 is 11.1 Å². The summed E-state index contributed by atoms with van der Waals surface area (Å²) < 4.78 is 1.15. The van der Waals surface area contributed by atoms with Crippen molar-refractivity contribution in [3.63, 3.8) is 0 Å². The van der Waals surface area contributed by atoms with Crippen LogP contribution < -0.4 is 11.1 Å². The van der Waals surface area contributed by atoms with E-state index in [1.165, 1.54) is 0 Å². The summed E-state index contributed by atoms with van der Waals surface area (Å²) in [7, 11) is 0. The highest BCUT2D eigenvalue weighted by molar-refractivity contribution is 14.1. The summed E-state index contributed by atoms with van der Waals surface area (Å²) >= 11 is 2.23. The molecule has 0 aliphatic carbocycles. The molecule has 0 aliphatic heterocycles. The van der Waals surface area contributed by atoms with E-state index in [9.17, 15) is 4.79 Å². The number of nitrogens with one attached hydrogen (secondary N) is 1. The van der Waals surface area contributed by atoms with Crippen LogP contribution in [0.3, 0.4) is 0 Å². The summed E-state index contributed by atoms with van der Waals surface area (Å²) in [6.07, 6.45) is 0. The van der Waals surface area contributed by atoms with Crippen LogP contribution in [0.25, 0.3) is 0 Å². The molecule has 0 aromatic heterocycles. The highest BCUT2D eigenvalue weighted by Gasteiger charge is 2.08. The fourth-order valence-corrected chi connectivity index (χ4v) is 1.66. The molecular weight excluding hydrogens is 291 g/mol. The molecular formula is C10H13IN2O. The molecule has 0 fully saturated rings. The van der Waals surface area contributed by atoms with Gasteiger partial charge in [-0.2, -0.15) is 0 Å². The Balaban J connectivity index is 2.82. The number of hydrogen-bond donors (Lipinski definition) is 2. The predicted molar refractivity (Wildman–Crippen MR) is 66.2 cm³/mol. The van der Waals surface area contributed by atoms with E-state index in [1.807, 2.05) is 25.1 Å². The first kappa shape index (κ1) is 11.5. The maximum atomic E-state index is 11.3. The second kappa shape index (κ2) is 4.75. The van der Waals surface area contributed by atoms with E-state index >= 15 is 0 Å². The molecule has 0 bridgehead atoms. The quantitative estimate of drug-likeness (QED) is 0.820. The minimum atomic E-state index is -0.478. The molecule has 3 N–H and O–H groups in total. The molecule has 0 radical (unpaired) electrons. The summed E-state index contributed by atoms with van der Waals surface area (Å²) in [6.45, 7) is 3.62. The van der Waals surface area contributed by atoms with Gasteiger partial charge in [0.05, 0.1) is 6.04 Å². The molecule has 1 amide bonds. The van der Waals surface area contributed by atoms with Crippen LogP contribution in [0.15, 0.2) is 18.2 Å². The highest BCUT2D eigenvalue weighted by Crippen LogP contribution is 2.17. The van der Waals surface area contributed by atoms with Gasteiger partial charge in [-0.1, -0.05) is 0 Å². The predicted octanol–water partition coefficient (Wildman–Crippen LogP) is 1.89. The van der Waals surface area contributed by atoms with Crippen LogP contribution in [0.5, 0.6) is 0 Å². The van der Waals surface area contributed by atoms with Gasteiger partial charge in [-0.15, -0.1) is 0 Å². The third-order valence-electron chi connectivity index (χ3n) is 1.86. The summed E-state index contributed by atoms with van der Waals surface area (Å²) in [5.74, 6) is -0.158. The minimum absolute atomic E-state index is 0.158. The Kier molecular flexibility index (Phi) is 3.88. The Morgan fingerprint density at radius 3 is 2.71 bits per heavy atom. The topological polar surface area (TPSA) is 55.1 Å². The first-order chi connectivity index (χ1) is 6.50. The van der Waals surface area contributed by atoms with Gasteiger partial charge >= 0.3 is 0 Å². The van der Waals surface area contributed by atoms with Crippen LogP contribution >= 0.6 is 22.6 Å². The lowest BCUT2D eigenvalue weighted by atomic mass is 10.2. The van der Waals surface area contributed by atoms with Crippen LogP contribution in [0.4, 0.5) is 5.69 Å². The molecule has 76 valence electrons. The SMILES string of the molecule is Cc1cc(I)ccc1NC(=O)C(C)N. The normalized spacial score (nSPS) is 12.3. The van der Waals surface area contributed by atoms with E-state index < -0.39 is 6.04 Å². The molecule has 14 heavy (non-hydrogen) atoms. The second-order valence-electron chi connectivity index (χ2n) is 3.24. The lowest BCUT2D eigenvalue weighted by Crippen LogP contribution is -2.32. The fourth-order valence-electron chi connectivity index (χ4n) is 1.01. The van der Waals surface area contributed by atoms with Gasteiger partial charge in [-0.3, -0.25) is 4.79 Å². The Bertz CT molecular complexity index is 350. The monoisotopic (exact) mass is 304 g/mol. The number of carbonyl (C=O) groups is 1. The molecule has 0 aliphatic rings. The van der Waals surface area contributed by atoms with Crippen molar-refractivity contribution in [2.75, 3.05) is 5.32 Å². The van der Waals surface area contributed by atoms with E-state index in [4.69, 9.17) is 5.73 Å². The lowest BCUT2D eigenvalue weighted by molar-refractivity contribution is -0.117. The Morgan fingerprint density at radius 1 is 1.57 bits per heavy atom. The molecule has 1 aromatic rings. The lowest BCUT2D eigenvalue weighted by Gasteiger charge is -2.10. The molecule has 1 atom stereocenters. The van der Waals surface area contributed by atoms with Crippen molar-refractivity contribution in [2.45, 2.75) is 19.9 Å². The van der Waals surface area contributed by atoms with Gasteiger partial charge in [0, 0.05) is 9.26 Å². The number of amides is 1. The van der Waals surface area contributed by atoms with Crippen LogP contribution in [-0.4, -0.2) is 11.9 Å². The summed E-state index contributed by atoms with van der Waals surface area (Å²) in [5.41, 5.74) is 7.32. The van der Waals surface area contributed by atoms with Crippen molar-refractivity contribution in [2.24, 2.45) is 5.73 Å². The third kappa shape index (κ3) is 2.95. The van der Waals surface area contributed by atoms with Crippen molar-refractivity contribution < 1.29 is 4.79 Å². The molecule has 1 unspecified atom stereocenters. The van der Waals surface area contributed by atoms with E-state index in [0.717, 1.165) is 14.8 Å². The van der Waals surface area contributed by atoms with Crippen LogP contribution in [-0.2, 0) is 4.79 Å². The summed E-state index contributed by atoms with van der Waals surface area (Å²) in [6, 6.07) is 5.37. The summed E-state index contributed by atoms with van der Waals surface area (Å²) in [5, 5.41) is 2.77. The van der Waals surface area contributed by atoms with Crippen LogP contribution in [0, 0.1) is 10.5 Å². The first-order valence-electron chi connectivity index (χ1n) is 4.33. The number of benzene rings is 1. The Morgan fingerprint density at radius 2 is 2.21 bits per heavy atom. The van der Waals surface area contributed by atoms with Crippen molar-refractivity contribution in [3.8, 4) is 0 Å². The van der Waals surface area contributed by atoms with Gasteiger partial charge in [0.15, 0.2) is 0 Å². The van der Waals surface area contributed by atoms with Gasteiger partial charge in [0.25, 0.3) is 0 Å². The highest BCUT2D eigenvalue weighted by atomic mass is 127. The zero-order chi connectivity index (χ0) is 10.7. The zero-order valence-electron chi connectivity index (χ0n) is 8.17. The number of anilines is 1. The third-order valence-corrected chi connectivity index (χ3v) is 2.53. The van der Waals surface area contributed by atoms with Crippen molar-refractivity contribution in [1.82, 2.24) is 0 Å². The van der Waals surface area contributed by atoms with E-state index in [1.54, 1.807) is 6.92 Å². The van der Waals surface area contributed by atoms with Crippen LogP contribution in [0.2, 0.25) is 0 Å². The molecule has 0 saturated heterocycles. The van der Waals surface area contributed by atoms with Crippen molar-refractivity contribution >= 4 is 34.2 Å². The molecule has 1 rings (SSSR count). The minimum Gasteiger partial charge on any atom is -0.325 e. The molecule has 3 nitrogen and oxygen atoms in total. The van der Waals surface area contributed by atoms with Gasteiger partial charge in [-0.25, -0.2) is 0 Å². The number of aryl methyl sites for hydroxylation is 1. The number of rotatable bonds is 2. The largest absolute Gasteiger partial charge is 0.325 e. The second-order valence-corrected chi connectivity index (χ2v) is 4.48. The first-order valence-corrected chi connectivity index (χ1v) is 5.41. The number of nitrogens with two attached hydrogens (primary N) is 1. The number of carbonyl (C=O) groups excluding carboxylic acids is 1. The maximum absolute atomic E-state index is 11.3. The number of halogens is 1. The average molecular weight is 304 g/mol. The van der Waals surface area contributed by atoms with Crippen molar-refractivity contribution in [1.29, 1.82) is 0 Å². The average Bonchev–Trinajstić information content (AvgIpc) is 2.09. The molecule has 1 aromatic carbocycles. The zero-order valence-corrected chi connectivity index (χ0v) is 10.3. The van der Waals surface area contributed by atoms with Crippen molar-refractivity contribution in [3.05, 3.63) is 27.3 Å². The standard InChI is InChI=1S/C10H13IN2O/c1-6-5-8(11)3-4-9(6)13-10(14)7(2)12/h3-5,7H,12H2,1-2H3,(H,13,14). The Hall–Kier alpha value is -0.620. The summed E-state index contributed by atoms with van der Waals surface area (Å²) in [4.78, 5) is 11.3. The van der Waals surface area contributed by atoms with E-state index in [0.29, 0.717) is 0 Å². The smallest absolute Gasteiger partial charge is 0.241 e. The van der Waals surface area contributed by atoms with Crippen LogP contribution in [0.1, 0.15) is 12.5 Å². The molecule has 0 saturated carbocycles. The van der Waals surface area contributed by atoms with Gasteiger partial charge in [-0.05, 0) is 60.2 Å². The van der Waals surface area contributed by atoms with Gasteiger partial charge in [0.2, 0.25) is 5.91 Å². The maximum Gasteiger partial charge on any atom is 0.241 e. The molecule has 0 heterocycles. The number of hydrogen-bond acceptors (Lipinski definition) is 2.